The van der Waals surface area contributed by atoms with E-state index in [-0.39, 0.29) is 5.54 Å². The third kappa shape index (κ3) is 3.83. The Balaban J connectivity index is 2.10. The fourth-order valence-corrected chi connectivity index (χ4v) is 2.64. The van der Waals surface area contributed by atoms with E-state index in [0.717, 1.165) is 25.4 Å². The van der Waals surface area contributed by atoms with Gasteiger partial charge in [-0.3, -0.25) is 0 Å². The monoisotopic (exact) mass is 232 g/mol. The van der Waals surface area contributed by atoms with Crippen LogP contribution in [0, 0.1) is 0 Å². The minimum atomic E-state index is -0.118. The molecular formula is C15H24N2. The van der Waals surface area contributed by atoms with E-state index in [1.54, 1.807) is 0 Å². The normalized spacial score (nSPS) is 18.3. The van der Waals surface area contributed by atoms with Crippen molar-refractivity contribution in [2.45, 2.75) is 44.6 Å². The standard InChI is InChI=1S/C15H24N2/c1-15(2,16)11-12-4-3-5-14(10-12)13-6-8-17-9-7-13/h3-5,10,13,17H,6-9,11,16H2,1-2H3. The van der Waals surface area contributed by atoms with Crippen LogP contribution in [0.25, 0.3) is 0 Å². The molecule has 3 N–H and O–H groups in total. The lowest BCUT2D eigenvalue weighted by Gasteiger charge is -2.24. The van der Waals surface area contributed by atoms with E-state index in [0.29, 0.717) is 0 Å². The summed E-state index contributed by atoms with van der Waals surface area (Å²) in [5, 5.41) is 3.42. The highest BCUT2D eigenvalue weighted by molar-refractivity contribution is 5.28. The molecule has 0 amide bonds. The van der Waals surface area contributed by atoms with E-state index in [1.165, 1.54) is 24.0 Å². The second-order valence-electron chi connectivity index (χ2n) is 5.93. The van der Waals surface area contributed by atoms with Crippen molar-refractivity contribution in [3.63, 3.8) is 0 Å². The molecule has 0 radical (unpaired) electrons. The van der Waals surface area contributed by atoms with E-state index < -0.39 is 0 Å². The third-order valence-electron chi connectivity index (χ3n) is 3.42. The summed E-state index contributed by atoms with van der Waals surface area (Å²) in [7, 11) is 0. The Bertz CT molecular complexity index is 359. The van der Waals surface area contributed by atoms with Gasteiger partial charge in [0.2, 0.25) is 0 Å². The lowest BCUT2D eigenvalue weighted by atomic mass is 9.87. The number of benzene rings is 1. The highest BCUT2D eigenvalue weighted by Crippen LogP contribution is 2.26. The molecule has 94 valence electrons. The van der Waals surface area contributed by atoms with Gasteiger partial charge in [0.1, 0.15) is 0 Å². The van der Waals surface area contributed by atoms with Gasteiger partial charge in [-0.2, -0.15) is 0 Å². The van der Waals surface area contributed by atoms with Crippen molar-refractivity contribution in [1.29, 1.82) is 0 Å². The first-order valence-corrected chi connectivity index (χ1v) is 6.63. The number of rotatable bonds is 3. The van der Waals surface area contributed by atoms with Crippen molar-refractivity contribution in [2.75, 3.05) is 13.1 Å². The van der Waals surface area contributed by atoms with Crippen LogP contribution in [0.15, 0.2) is 24.3 Å². The van der Waals surface area contributed by atoms with Crippen LogP contribution >= 0.6 is 0 Å². The van der Waals surface area contributed by atoms with Crippen LogP contribution in [0.5, 0.6) is 0 Å². The molecule has 0 aliphatic carbocycles. The molecule has 17 heavy (non-hydrogen) atoms. The number of hydrogen-bond donors (Lipinski definition) is 2. The van der Waals surface area contributed by atoms with Crippen LogP contribution in [-0.2, 0) is 6.42 Å². The largest absolute Gasteiger partial charge is 0.325 e. The maximum Gasteiger partial charge on any atom is 0.0138 e. The van der Waals surface area contributed by atoms with Crippen LogP contribution in [-0.4, -0.2) is 18.6 Å². The molecule has 1 aliphatic rings. The maximum atomic E-state index is 6.09. The SMILES string of the molecule is CC(C)(N)Cc1cccc(C2CCNCC2)c1. The van der Waals surface area contributed by atoms with Crippen LogP contribution in [0.3, 0.4) is 0 Å². The summed E-state index contributed by atoms with van der Waals surface area (Å²) in [5.41, 5.74) is 8.83. The molecule has 2 nitrogen and oxygen atoms in total. The summed E-state index contributed by atoms with van der Waals surface area (Å²) in [6, 6.07) is 8.99. The van der Waals surface area contributed by atoms with Gasteiger partial charge in [0, 0.05) is 5.54 Å². The Labute approximate surface area is 105 Å². The van der Waals surface area contributed by atoms with Gasteiger partial charge >= 0.3 is 0 Å². The lowest BCUT2D eigenvalue weighted by Crippen LogP contribution is -2.34. The van der Waals surface area contributed by atoms with Gasteiger partial charge in [-0.25, -0.2) is 0 Å². The van der Waals surface area contributed by atoms with Crippen molar-refractivity contribution in [3.8, 4) is 0 Å². The van der Waals surface area contributed by atoms with Gasteiger partial charge in [0.15, 0.2) is 0 Å². The summed E-state index contributed by atoms with van der Waals surface area (Å²) in [6.07, 6.45) is 3.47. The molecule has 0 spiro atoms. The van der Waals surface area contributed by atoms with E-state index in [2.05, 4.69) is 43.4 Å². The van der Waals surface area contributed by atoms with Crippen LogP contribution in [0.1, 0.15) is 43.7 Å². The second-order valence-corrected chi connectivity index (χ2v) is 5.93. The lowest BCUT2D eigenvalue weighted by molar-refractivity contribution is 0.459. The number of nitrogens with one attached hydrogen (secondary N) is 1. The highest BCUT2D eigenvalue weighted by Gasteiger charge is 2.16. The first-order valence-electron chi connectivity index (χ1n) is 6.63. The molecule has 2 heteroatoms. The van der Waals surface area contributed by atoms with Crippen LogP contribution in [0.2, 0.25) is 0 Å². The van der Waals surface area contributed by atoms with E-state index in [4.69, 9.17) is 5.73 Å². The Morgan fingerprint density at radius 3 is 2.65 bits per heavy atom. The van der Waals surface area contributed by atoms with Crippen LogP contribution in [0.4, 0.5) is 0 Å². The average Bonchev–Trinajstić information content (AvgIpc) is 2.28. The molecule has 1 aromatic carbocycles. The number of hydrogen-bond acceptors (Lipinski definition) is 2. The number of nitrogens with two attached hydrogens (primary N) is 1. The van der Waals surface area contributed by atoms with Gasteiger partial charge in [0.05, 0.1) is 0 Å². The Morgan fingerprint density at radius 2 is 2.00 bits per heavy atom. The van der Waals surface area contributed by atoms with E-state index in [1.807, 2.05) is 0 Å². The zero-order chi connectivity index (χ0) is 12.3. The molecule has 0 aromatic heterocycles. The summed E-state index contributed by atoms with van der Waals surface area (Å²) in [5.74, 6) is 0.733. The molecule has 0 bridgehead atoms. The third-order valence-corrected chi connectivity index (χ3v) is 3.42. The van der Waals surface area contributed by atoms with Gasteiger partial charge in [0.25, 0.3) is 0 Å². The minimum Gasteiger partial charge on any atom is -0.325 e. The zero-order valence-corrected chi connectivity index (χ0v) is 11.0. The van der Waals surface area contributed by atoms with Gasteiger partial charge < -0.3 is 11.1 Å². The van der Waals surface area contributed by atoms with Gasteiger partial charge in [-0.1, -0.05) is 24.3 Å². The first-order chi connectivity index (χ1) is 8.04. The zero-order valence-electron chi connectivity index (χ0n) is 11.0. The Hall–Kier alpha value is -0.860. The topological polar surface area (TPSA) is 38.0 Å². The van der Waals surface area contributed by atoms with E-state index in [9.17, 15) is 0 Å². The van der Waals surface area contributed by atoms with Crippen LogP contribution < -0.4 is 11.1 Å². The average molecular weight is 232 g/mol. The maximum absolute atomic E-state index is 6.09. The summed E-state index contributed by atoms with van der Waals surface area (Å²) < 4.78 is 0. The molecule has 2 rings (SSSR count). The van der Waals surface area contributed by atoms with Crippen molar-refractivity contribution in [1.82, 2.24) is 5.32 Å². The fourth-order valence-electron chi connectivity index (χ4n) is 2.64. The Morgan fingerprint density at radius 1 is 1.29 bits per heavy atom. The van der Waals surface area contributed by atoms with Crippen molar-refractivity contribution < 1.29 is 0 Å². The molecule has 1 fully saturated rings. The molecule has 0 saturated carbocycles. The van der Waals surface area contributed by atoms with E-state index >= 15 is 0 Å². The summed E-state index contributed by atoms with van der Waals surface area (Å²) in [4.78, 5) is 0. The smallest absolute Gasteiger partial charge is 0.0138 e. The van der Waals surface area contributed by atoms with Crippen molar-refractivity contribution in [3.05, 3.63) is 35.4 Å². The highest BCUT2D eigenvalue weighted by atomic mass is 14.9. The molecule has 1 saturated heterocycles. The van der Waals surface area contributed by atoms with Crippen molar-refractivity contribution >= 4 is 0 Å². The summed E-state index contributed by atoms with van der Waals surface area (Å²) >= 11 is 0. The predicted molar refractivity (Wildman–Crippen MR) is 73.3 cm³/mol. The molecular weight excluding hydrogens is 208 g/mol. The molecule has 0 atom stereocenters. The Kier molecular flexibility index (Phi) is 3.85. The minimum absolute atomic E-state index is 0.118. The quantitative estimate of drug-likeness (QED) is 0.840. The van der Waals surface area contributed by atoms with Gasteiger partial charge in [-0.15, -0.1) is 0 Å². The van der Waals surface area contributed by atoms with Gasteiger partial charge in [-0.05, 0) is 63.2 Å². The molecule has 1 aliphatic heterocycles. The second kappa shape index (κ2) is 5.19. The number of piperidine rings is 1. The fraction of sp³-hybridized carbons (Fsp3) is 0.600. The summed E-state index contributed by atoms with van der Waals surface area (Å²) in [6.45, 7) is 6.48. The molecule has 0 unspecified atom stereocenters. The molecule has 1 aromatic rings. The first kappa shape index (κ1) is 12.6. The predicted octanol–water partition coefficient (Wildman–Crippen LogP) is 2.43. The molecule has 1 heterocycles. The van der Waals surface area contributed by atoms with Crippen molar-refractivity contribution in [2.24, 2.45) is 5.73 Å².